The molecule has 0 saturated heterocycles. The van der Waals surface area contributed by atoms with Gasteiger partial charge in [-0.25, -0.2) is 9.50 Å². The number of aryl methyl sites for hydroxylation is 2. The smallest absolute Gasteiger partial charge is 0.162 e. The summed E-state index contributed by atoms with van der Waals surface area (Å²) >= 11 is 0. The zero-order chi connectivity index (χ0) is 18.8. The summed E-state index contributed by atoms with van der Waals surface area (Å²) in [6, 6.07) is 14.7. The van der Waals surface area contributed by atoms with E-state index in [0.29, 0.717) is 0 Å². The number of aliphatic imine (C=N–C) groups is 1. The van der Waals surface area contributed by atoms with Crippen molar-refractivity contribution in [2.24, 2.45) is 4.99 Å². The maximum Gasteiger partial charge on any atom is 0.162 e. The molecule has 4 heteroatoms. The zero-order valence-corrected chi connectivity index (χ0v) is 15.7. The first-order valence-electron chi connectivity index (χ1n) is 9.20. The van der Waals surface area contributed by atoms with Gasteiger partial charge in [-0.1, -0.05) is 61.4 Å². The minimum atomic E-state index is 0.824. The summed E-state index contributed by atoms with van der Waals surface area (Å²) in [6.07, 6.45) is 7.84. The quantitative estimate of drug-likeness (QED) is 0.434. The number of hydrogen-bond acceptors (Lipinski definition) is 3. The van der Waals surface area contributed by atoms with Crippen LogP contribution in [0.5, 0.6) is 0 Å². The van der Waals surface area contributed by atoms with Crippen molar-refractivity contribution in [3.8, 4) is 22.3 Å². The standard InChI is InChI=1S/C23H22N4/c1-4-6-18-7-5-8-20(22(18)24-3)21-14-26-27-15-19(13-25-23(21)27)17-11-9-16(2)10-12-17/h5,7-15H,3-4,6H2,1-2H3. The van der Waals surface area contributed by atoms with Gasteiger partial charge in [-0.2, -0.15) is 5.10 Å². The van der Waals surface area contributed by atoms with E-state index in [4.69, 9.17) is 4.98 Å². The van der Waals surface area contributed by atoms with Crippen molar-refractivity contribution in [1.29, 1.82) is 0 Å². The number of para-hydroxylation sites is 1. The Bertz CT molecular complexity index is 1110. The number of nitrogens with zero attached hydrogens (tertiary/aromatic N) is 4. The molecule has 4 nitrogen and oxygen atoms in total. The summed E-state index contributed by atoms with van der Waals surface area (Å²) in [6.45, 7) is 8.04. The van der Waals surface area contributed by atoms with Crippen LogP contribution in [-0.2, 0) is 6.42 Å². The van der Waals surface area contributed by atoms with Gasteiger partial charge >= 0.3 is 0 Å². The second kappa shape index (κ2) is 7.16. The first-order valence-corrected chi connectivity index (χ1v) is 9.20. The fraction of sp³-hybridized carbons (Fsp3) is 0.174. The van der Waals surface area contributed by atoms with Gasteiger partial charge in [0.05, 0.1) is 11.9 Å². The van der Waals surface area contributed by atoms with E-state index in [1.165, 1.54) is 11.1 Å². The van der Waals surface area contributed by atoms with Gasteiger partial charge in [0.15, 0.2) is 5.65 Å². The molecule has 4 rings (SSSR count). The minimum absolute atomic E-state index is 0.824. The fourth-order valence-electron chi connectivity index (χ4n) is 3.43. The third kappa shape index (κ3) is 3.14. The van der Waals surface area contributed by atoms with Crippen LogP contribution >= 0.6 is 0 Å². The molecule has 4 aromatic rings. The molecular weight excluding hydrogens is 332 g/mol. The second-order valence-electron chi connectivity index (χ2n) is 6.76. The SMILES string of the molecule is C=Nc1c(CCC)cccc1-c1cnn2cc(-c3ccc(C)cc3)cnc12. The number of benzene rings is 2. The number of aromatic nitrogens is 3. The Morgan fingerprint density at radius 2 is 1.81 bits per heavy atom. The van der Waals surface area contributed by atoms with E-state index >= 15 is 0 Å². The molecule has 2 heterocycles. The lowest BCUT2D eigenvalue weighted by Crippen LogP contribution is -1.93. The maximum atomic E-state index is 4.71. The molecule has 0 amide bonds. The topological polar surface area (TPSA) is 42.5 Å². The normalized spacial score (nSPS) is 11.0. The Labute approximate surface area is 159 Å². The third-order valence-electron chi connectivity index (χ3n) is 4.83. The lowest BCUT2D eigenvalue weighted by atomic mass is 9.99. The fourth-order valence-corrected chi connectivity index (χ4v) is 3.43. The first kappa shape index (κ1) is 17.2. The largest absolute Gasteiger partial charge is 0.264 e. The maximum absolute atomic E-state index is 4.71. The molecule has 0 aliphatic rings. The first-order chi connectivity index (χ1) is 13.2. The zero-order valence-electron chi connectivity index (χ0n) is 15.7. The van der Waals surface area contributed by atoms with Crippen LogP contribution in [0.3, 0.4) is 0 Å². The highest BCUT2D eigenvalue weighted by molar-refractivity contribution is 5.86. The Morgan fingerprint density at radius 1 is 1.00 bits per heavy atom. The molecule has 0 aliphatic heterocycles. The predicted molar refractivity (Wildman–Crippen MR) is 112 cm³/mol. The monoisotopic (exact) mass is 354 g/mol. The van der Waals surface area contributed by atoms with Crippen LogP contribution in [-0.4, -0.2) is 21.3 Å². The molecule has 0 N–H and O–H groups in total. The van der Waals surface area contributed by atoms with Gasteiger partial charge in [0, 0.05) is 29.1 Å². The molecule has 0 aliphatic carbocycles. The molecule has 0 fully saturated rings. The van der Waals surface area contributed by atoms with Gasteiger partial charge in [0.2, 0.25) is 0 Å². The van der Waals surface area contributed by atoms with Crippen molar-refractivity contribution >= 4 is 18.1 Å². The van der Waals surface area contributed by atoms with Crippen molar-refractivity contribution in [1.82, 2.24) is 14.6 Å². The summed E-state index contributed by atoms with van der Waals surface area (Å²) in [7, 11) is 0. The molecule has 2 aromatic heterocycles. The Kier molecular flexibility index (Phi) is 4.55. The van der Waals surface area contributed by atoms with E-state index in [1.54, 1.807) is 0 Å². The molecule has 2 aromatic carbocycles. The summed E-state index contributed by atoms with van der Waals surface area (Å²) in [5.74, 6) is 0. The van der Waals surface area contributed by atoms with Crippen LogP contribution in [0.15, 0.2) is 66.0 Å². The lowest BCUT2D eigenvalue weighted by molar-refractivity contribution is 0.922. The highest BCUT2D eigenvalue weighted by Gasteiger charge is 2.14. The number of hydrogen-bond donors (Lipinski definition) is 0. The summed E-state index contributed by atoms with van der Waals surface area (Å²) in [5.41, 5.74) is 8.38. The van der Waals surface area contributed by atoms with E-state index in [2.05, 4.69) is 73.1 Å². The van der Waals surface area contributed by atoms with Gasteiger partial charge in [-0.05, 0) is 31.2 Å². The molecule has 134 valence electrons. The Morgan fingerprint density at radius 3 is 2.56 bits per heavy atom. The highest BCUT2D eigenvalue weighted by atomic mass is 15.2. The van der Waals surface area contributed by atoms with Crippen molar-refractivity contribution < 1.29 is 0 Å². The van der Waals surface area contributed by atoms with Crippen molar-refractivity contribution in [3.05, 3.63) is 72.2 Å². The van der Waals surface area contributed by atoms with Crippen LogP contribution in [0.1, 0.15) is 24.5 Å². The summed E-state index contributed by atoms with van der Waals surface area (Å²) in [5, 5.41) is 4.54. The molecule has 0 bridgehead atoms. The number of rotatable bonds is 5. The minimum Gasteiger partial charge on any atom is -0.264 e. The third-order valence-corrected chi connectivity index (χ3v) is 4.83. The average molecular weight is 354 g/mol. The molecule has 0 radical (unpaired) electrons. The lowest BCUT2D eigenvalue weighted by Gasteiger charge is -2.09. The van der Waals surface area contributed by atoms with Crippen LogP contribution < -0.4 is 0 Å². The van der Waals surface area contributed by atoms with Gasteiger partial charge in [-0.3, -0.25) is 4.99 Å². The van der Waals surface area contributed by atoms with E-state index in [1.807, 2.05) is 23.1 Å². The van der Waals surface area contributed by atoms with E-state index in [-0.39, 0.29) is 0 Å². The molecule has 0 saturated carbocycles. The molecule has 0 spiro atoms. The number of fused-ring (bicyclic) bond motifs is 1. The predicted octanol–water partition coefficient (Wildman–Crippen LogP) is 5.66. The molecule has 0 atom stereocenters. The van der Waals surface area contributed by atoms with E-state index < -0.39 is 0 Å². The van der Waals surface area contributed by atoms with Crippen LogP contribution in [0.2, 0.25) is 0 Å². The highest BCUT2D eigenvalue weighted by Crippen LogP contribution is 2.36. The Hall–Kier alpha value is -3.27. The van der Waals surface area contributed by atoms with Crippen molar-refractivity contribution in [2.75, 3.05) is 0 Å². The van der Waals surface area contributed by atoms with Gasteiger partial charge in [-0.15, -0.1) is 0 Å². The molecule has 27 heavy (non-hydrogen) atoms. The second-order valence-corrected chi connectivity index (χ2v) is 6.76. The summed E-state index contributed by atoms with van der Waals surface area (Å²) in [4.78, 5) is 9.02. The van der Waals surface area contributed by atoms with Gasteiger partial charge < -0.3 is 0 Å². The van der Waals surface area contributed by atoms with Crippen molar-refractivity contribution in [3.63, 3.8) is 0 Å². The van der Waals surface area contributed by atoms with Gasteiger partial charge in [0.25, 0.3) is 0 Å². The van der Waals surface area contributed by atoms with Crippen molar-refractivity contribution in [2.45, 2.75) is 26.7 Å². The van der Waals surface area contributed by atoms with E-state index in [9.17, 15) is 0 Å². The molecule has 0 unspecified atom stereocenters. The van der Waals surface area contributed by atoms with Crippen LogP contribution in [0.25, 0.3) is 27.9 Å². The van der Waals surface area contributed by atoms with Crippen LogP contribution in [0.4, 0.5) is 5.69 Å². The van der Waals surface area contributed by atoms with Crippen LogP contribution in [0, 0.1) is 6.92 Å². The van der Waals surface area contributed by atoms with E-state index in [0.717, 1.165) is 46.4 Å². The Balaban J connectivity index is 1.82. The summed E-state index contributed by atoms with van der Waals surface area (Å²) < 4.78 is 1.84. The van der Waals surface area contributed by atoms with Gasteiger partial charge in [0.1, 0.15) is 0 Å². The molecular formula is C23H22N4. The average Bonchev–Trinajstić information content (AvgIpc) is 3.11.